The van der Waals surface area contributed by atoms with E-state index in [0.29, 0.717) is 12.8 Å². The molecule has 0 heterocycles. The van der Waals surface area contributed by atoms with Gasteiger partial charge in [0.25, 0.3) is 16.0 Å². The van der Waals surface area contributed by atoms with E-state index in [1.807, 2.05) is 13.8 Å². The van der Waals surface area contributed by atoms with E-state index in [1.54, 1.807) is 0 Å². The van der Waals surface area contributed by atoms with Crippen LogP contribution in [0.5, 0.6) is 0 Å². The average molecular weight is 288 g/mol. The van der Waals surface area contributed by atoms with Crippen molar-refractivity contribution in [3.8, 4) is 0 Å². The fraction of sp³-hybridized carbons (Fsp3) is 0.833. The Kier molecular flexibility index (Phi) is 3.16. The van der Waals surface area contributed by atoms with Gasteiger partial charge in [0.1, 0.15) is 5.78 Å². The molecule has 7 heteroatoms. The lowest BCUT2D eigenvalue weighted by molar-refractivity contribution is -0.128. The van der Waals surface area contributed by atoms with Gasteiger partial charge in [-0.15, -0.1) is 4.40 Å². The van der Waals surface area contributed by atoms with E-state index in [1.165, 1.54) is 7.11 Å². The summed E-state index contributed by atoms with van der Waals surface area (Å²) >= 11 is 0. The lowest BCUT2D eigenvalue weighted by Gasteiger charge is -2.35. The number of nitrogens with two attached hydrogens (primary N) is 1. The topological polar surface area (TPSA) is 98.8 Å². The Labute approximate surface area is 113 Å². The molecule has 108 valence electrons. The van der Waals surface area contributed by atoms with Gasteiger partial charge in [0.2, 0.25) is 0 Å². The number of amidine groups is 1. The first-order valence-corrected chi connectivity index (χ1v) is 7.91. The normalized spacial score (nSPS) is 33.7. The minimum Gasteiger partial charge on any atom is -0.468 e. The number of hydrogen-bond donors (Lipinski definition) is 1. The first-order valence-electron chi connectivity index (χ1n) is 6.30. The molecule has 2 N–H and O–H groups in total. The monoisotopic (exact) mass is 288 g/mol. The molecule has 2 aliphatic carbocycles. The second-order valence-corrected chi connectivity index (χ2v) is 7.66. The minimum atomic E-state index is -3.81. The van der Waals surface area contributed by atoms with Crippen LogP contribution in [0.25, 0.3) is 0 Å². The van der Waals surface area contributed by atoms with Crippen molar-refractivity contribution in [2.24, 2.45) is 26.9 Å². The highest BCUT2D eigenvalue weighted by atomic mass is 32.2. The van der Waals surface area contributed by atoms with E-state index in [4.69, 9.17) is 5.73 Å². The van der Waals surface area contributed by atoms with Crippen LogP contribution in [0.3, 0.4) is 0 Å². The maximum Gasteiger partial charge on any atom is 0.297 e. The highest BCUT2D eigenvalue weighted by Gasteiger charge is 2.65. The number of nitrogens with zero attached hydrogens (tertiary/aromatic N) is 1. The third-order valence-corrected chi connectivity index (χ3v) is 6.32. The van der Waals surface area contributed by atoms with E-state index in [9.17, 15) is 13.2 Å². The molecule has 0 saturated heterocycles. The largest absolute Gasteiger partial charge is 0.468 e. The van der Waals surface area contributed by atoms with Crippen molar-refractivity contribution in [3.05, 3.63) is 0 Å². The fourth-order valence-corrected chi connectivity index (χ4v) is 5.34. The summed E-state index contributed by atoms with van der Waals surface area (Å²) in [6.07, 6.45) is 1.99. The molecule has 6 nitrogen and oxygen atoms in total. The summed E-state index contributed by atoms with van der Waals surface area (Å²) in [5.41, 5.74) is 4.19. The maximum atomic E-state index is 12.2. The Hall–Kier alpha value is -1.11. The highest BCUT2D eigenvalue weighted by Crippen LogP contribution is 2.64. The number of carbonyl (C=O) groups excluding carboxylic acids is 1. The number of carbonyl (C=O) groups is 1. The summed E-state index contributed by atoms with van der Waals surface area (Å²) in [6, 6.07) is -0.394. The second-order valence-electron chi connectivity index (χ2n) is 6.03. The number of ketones is 1. The maximum absolute atomic E-state index is 12.2. The third-order valence-electron chi connectivity index (χ3n) is 5.01. The van der Waals surface area contributed by atoms with Crippen LogP contribution in [0.4, 0.5) is 0 Å². The molecule has 0 unspecified atom stereocenters. The van der Waals surface area contributed by atoms with Crippen molar-refractivity contribution in [2.45, 2.75) is 33.1 Å². The Morgan fingerprint density at radius 3 is 2.58 bits per heavy atom. The van der Waals surface area contributed by atoms with Gasteiger partial charge in [-0.3, -0.25) is 4.79 Å². The van der Waals surface area contributed by atoms with Crippen LogP contribution in [-0.4, -0.2) is 33.1 Å². The zero-order chi connectivity index (χ0) is 14.5. The van der Waals surface area contributed by atoms with E-state index in [2.05, 4.69) is 9.13 Å². The van der Waals surface area contributed by atoms with Crippen molar-refractivity contribution < 1.29 is 17.9 Å². The summed E-state index contributed by atoms with van der Waals surface area (Å²) in [4.78, 5) is 12.2. The van der Waals surface area contributed by atoms with Gasteiger partial charge >= 0.3 is 0 Å². The van der Waals surface area contributed by atoms with E-state index in [-0.39, 0.29) is 22.9 Å². The zero-order valence-electron chi connectivity index (χ0n) is 11.5. The molecule has 0 spiro atoms. The Morgan fingerprint density at radius 1 is 1.53 bits per heavy atom. The van der Waals surface area contributed by atoms with Crippen LogP contribution in [-0.2, 0) is 19.6 Å². The number of rotatable bonds is 3. The number of ether oxygens (including phenoxy) is 1. The van der Waals surface area contributed by atoms with Crippen molar-refractivity contribution in [1.29, 1.82) is 0 Å². The molecule has 2 saturated carbocycles. The van der Waals surface area contributed by atoms with Gasteiger partial charge in [-0.25, -0.2) is 8.42 Å². The Bertz CT molecular complexity index is 538. The van der Waals surface area contributed by atoms with Crippen LogP contribution < -0.4 is 5.73 Å². The van der Waals surface area contributed by atoms with Gasteiger partial charge in [-0.05, 0) is 24.2 Å². The SMILES string of the molecule is CO/C(N)=N\S(=O)(=O)C[C@@]12CC[C@@H](CC1=O)C2(C)C. The molecular formula is C12H20N2O4S. The van der Waals surface area contributed by atoms with Gasteiger partial charge in [0.15, 0.2) is 0 Å². The molecule has 2 bridgehead atoms. The molecule has 19 heavy (non-hydrogen) atoms. The summed E-state index contributed by atoms with van der Waals surface area (Å²) in [7, 11) is -2.55. The lowest BCUT2D eigenvalue weighted by atomic mass is 9.70. The molecule has 0 amide bonds. The first kappa shape index (κ1) is 14.3. The molecule has 2 aliphatic rings. The van der Waals surface area contributed by atoms with E-state index in [0.717, 1.165) is 6.42 Å². The van der Waals surface area contributed by atoms with Crippen LogP contribution in [0.2, 0.25) is 0 Å². The van der Waals surface area contributed by atoms with Gasteiger partial charge in [0.05, 0.1) is 18.3 Å². The Morgan fingerprint density at radius 2 is 2.16 bits per heavy atom. The predicted molar refractivity (Wildman–Crippen MR) is 71.0 cm³/mol. The van der Waals surface area contributed by atoms with Crippen molar-refractivity contribution in [3.63, 3.8) is 0 Å². The number of Topliss-reactive ketones (excluding diaryl/α,β-unsaturated/α-hetero) is 1. The summed E-state index contributed by atoms with van der Waals surface area (Å²) in [5, 5.41) is 0. The van der Waals surface area contributed by atoms with Crippen molar-refractivity contribution in [2.75, 3.05) is 12.9 Å². The van der Waals surface area contributed by atoms with Crippen LogP contribution in [0.1, 0.15) is 33.1 Å². The smallest absolute Gasteiger partial charge is 0.297 e. The third kappa shape index (κ3) is 2.04. The standard InChI is InChI=1S/C12H20N2O4S/c1-11(2)8-4-5-12(11,9(15)6-8)7-19(16,17)14-10(13)18-3/h8H,4-7H2,1-3H3,(H2,13,14)/t8-,12-/m0/s1. The molecule has 0 aromatic heterocycles. The van der Waals surface area contributed by atoms with Crippen LogP contribution >= 0.6 is 0 Å². The zero-order valence-corrected chi connectivity index (χ0v) is 12.3. The average Bonchev–Trinajstić information content (AvgIpc) is 2.61. The minimum absolute atomic E-state index is 0.0449. The molecule has 2 fully saturated rings. The fourth-order valence-electron chi connectivity index (χ4n) is 3.63. The molecule has 0 aromatic carbocycles. The summed E-state index contributed by atoms with van der Waals surface area (Å²) in [5.74, 6) is 0.0503. The van der Waals surface area contributed by atoms with Crippen molar-refractivity contribution in [1.82, 2.24) is 0 Å². The van der Waals surface area contributed by atoms with Crippen molar-refractivity contribution >= 4 is 21.8 Å². The molecule has 2 rings (SSSR count). The molecule has 2 atom stereocenters. The Balaban J connectivity index is 2.35. The molecular weight excluding hydrogens is 268 g/mol. The second kappa shape index (κ2) is 4.19. The number of hydrogen-bond acceptors (Lipinski definition) is 4. The highest BCUT2D eigenvalue weighted by molar-refractivity contribution is 7.90. The predicted octanol–water partition coefficient (Wildman–Crippen LogP) is 0.673. The van der Waals surface area contributed by atoms with Crippen LogP contribution in [0.15, 0.2) is 4.40 Å². The summed E-state index contributed by atoms with van der Waals surface area (Å²) in [6.45, 7) is 3.96. The number of fused-ring (bicyclic) bond motifs is 2. The quantitative estimate of drug-likeness (QED) is 0.608. The van der Waals surface area contributed by atoms with Gasteiger partial charge in [-0.1, -0.05) is 13.8 Å². The van der Waals surface area contributed by atoms with Gasteiger partial charge in [0, 0.05) is 6.42 Å². The molecule has 0 aromatic rings. The van der Waals surface area contributed by atoms with E-state index >= 15 is 0 Å². The number of methoxy groups -OCH3 is 1. The van der Waals surface area contributed by atoms with Crippen LogP contribution in [0, 0.1) is 16.7 Å². The van der Waals surface area contributed by atoms with E-state index < -0.39 is 21.5 Å². The van der Waals surface area contributed by atoms with Gasteiger partial charge in [-0.2, -0.15) is 0 Å². The first-order chi connectivity index (χ1) is 8.64. The molecule has 0 aliphatic heterocycles. The number of sulfonamides is 1. The lowest BCUT2D eigenvalue weighted by Crippen LogP contribution is -2.42. The molecule has 0 radical (unpaired) electrons. The summed E-state index contributed by atoms with van der Waals surface area (Å²) < 4.78 is 32.1. The van der Waals surface area contributed by atoms with Gasteiger partial charge < -0.3 is 10.5 Å².